The van der Waals surface area contributed by atoms with Crippen LogP contribution in [0.1, 0.15) is 19.8 Å². The Kier molecular flexibility index (Phi) is 2.30. The summed E-state index contributed by atoms with van der Waals surface area (Å²) in [5.74, 6) is 0.181. The quantitative estimate of drug-likeness (QED) is 0.662. The van der Waals surface area contributed by atoms with Crippen LogP contribution in [0.2, 0.25) is 0 Å². The van der Waals surface area contributed by atoms with Crippen LogP contribution >= 0.6 is 0 Å². The van der Waals surface area contributed by atoms with Crippen molar-refractivity contribution in [3.63, 3.8) is 0 Å². The first kappa shape index (κ1) is 9.03. The molecule has 3 nitrogen and oxygen atoms in total. The fraction of sp³-hybridized carbons (Fsp3) is 0.800. The molecule has 0 amide bonds. The fourth-order valence-electron chi connectivity index (χ4n) is 1.96. The maximum absolute atomic E-state index is 10.3. The molecule has 1 N–H and O–H groups in total. The van der Waals surface area contributed by atoms with E-state index < -0.39 is 5.60 Å². The van der Waals surface area contributed by atoms with Crippen molar-refractivity contribution in [3.8, 4) is 0 Å². The first-order chi connectivity index (χ1) is 6.23. The second-order valence-corrected chi connectivity index (χ2v) is 3.96. The molecule has 2 unspecified atom stereocenters. The molecule has 0 aromatic rings. The summed E-state index contributed by atoms with van der Waals surface area (Å²) in [6.07, 6.45) is 3.65. The van der Waals surface area contributed by atoms with Gasteiger partial charge in [-0.3, -0.25) is 0 Å². The van der Waals surface area contributed by atoms with E-state index in [1.807, 2.05) is 6.92 Å². The van der Waals surface area contributed by atoms with Gasteiger partial charge >= 0.3 is 0 Å². The topological polar surface area (TPSA) is 38.7 Å². The molecule has 2 atom stereocenters. The van der Waals surface area contributed by atoms with Crippen LogP contribution in [0.25, 0.3) is 0 Å². The molecule has 0 aliphatic carbocycles. The third-order valence-electron chi connectivity index (χ3n) is 3.00. The minimum Gasteiger partial charge on any atom is -0.501 e. The second-order valence-electron chi connectivity index (χ2n) is 3.96. The Balaban J connectivity index is 2.17. The zero-order valence-corrected chi connectivity index (χ0v) is 7.95. The Morgan fingerprint density at radius 1 is 1.62 bits per heavy atom. The third-order valence-corrected chi connectivity index (χ3v) is 3.00. The highest BCUT2D eigenvalue weighted by Gasteiger charge is 2.43. The molecule has 0 bridgehead atoms. The van der Waals surface area contributed by atoms with Crippen molar-refractivity contribution in [2.24, 2.45) is 5.92 Å². The Bertz CT molecular complexity index is 224. The molecule has 1 fully saturated rings. The van der Waals surface area contributed by atoms with Crippen molar-refractivity contribution >= 4 is 0 Å². The van der Waals surface area contributed by atoms with E-state index in [4.69, 9.17) is 9.47 Å². The lowest BCUT2D eigenvalue weighted by Gasteiger charge is -2.30. The highest BCUT2D eigenvalue weighted by Crippen LogP contribution is 2.35. The SMILES string of the molecule is CC1COCC1(O)C1=COCCC1. The van der Waals surface area contributed by atoms with Crippen LogP contribution in [-0.2, 0) is 9.47 Å². The number of ether oxygens (including phenoxy) is 2. The average molecular weight is 184 g/mol. The van der Waals surface area contributed by atoms with Gasteiger partial charge in [0.25, 0.3) is 0 Å². The highest BCUT2D eigenvalue weighted by atomic mass is 16.5. The summed E-state index contributed by atoms with van der Waals surface area (Å²) >= 11 is 0. The molecule has 3 heteroatoms. The van der Waals surface area contributed by atoms with Gasteiger partial charge in [-0.2, -0.15) is 0 Å². The van der Waals surface area contributed by atoms with Gasteiger partial charge in [0.2, 0.25) is 0 Å². The first-order valence-corrected chi connectivity index (χ1v) is 4.85. The summed E-state index contributed by atoms with van der Waals surface area (Å²) in [6.45, 7) is 3.86. The van der Waals surface area contributed by atoms with E-state index in [-0.39, 0.29) is 5.92 Å². The largest absolute Gasteiger partial charge is 0.501 e. The van der Waals surface area contributed by atoms with Crippen molar-refractivity contribution in [1.29, 1.82) is 0 Å². The molecule has 2 rings (SSSR count). The maximum atomic E-state index is 10.3. The molecule has 2 aliphatic heterocycles. The van der Waals surface area contributed by atoms with Gasteiger partial charge in [0, 0.05) is 5.92 Å². The van der Waals surface area contributed by atoms with Crippen molar-refractivity contribution < 1.29 is 14.6 Å². The first-order valence-electron chi connectivity index (χ1n) is 4.85. The molecule has 0 spiro atoms. The van der Waals surface area contributed by atoms with Crippen LogP contribution in [0.3, 0.4) is 0 Å². The fourth-order valence-corrected chi connectivity index (χ4v) is 1.96. The summed E-state index contributed by atoms with van der Waals surface area (Å²) in [5.41, 5.74) is 0.240. The smallest absolute Gasteiger partial charge is 0.117 e. The Morgan fingerprint density at radius 2 is 2.46 bits per heavy atom. The minimum atomic E-state index is -0.763. The number of hydrogen-bond donors (Lipinski definition) is 1. The standard InChI is InChI=1S/C10H16O3/c1-8-5-13-7-10(8,11)9-3-2-4-12-6-9/h6,8,11H,2-5,7H2,1H3. The van der Waals surface area contributed by atoms with Crippen molar-refractivity contribution in [2.75, 3.05) is 19.8 Å². The zero-order chi connectivity index (χ0) is 9.31. The highest BCUT2D eigenvalue weighted by molar-refractivity contribution is 5.19. The molecular weight excluding hydrogens is 168 g/mol. The molecule has 0 saturated carbocycles. The van der Waals surface area contributed by atoms with Gasteiger partial charge in [-0.25, -0.2) is 0 Å². The summed E-state index contributed by atoms with van der Waals surface area (Å²) in [6, 6.07) is 0. The normalized spacial score (nSPS) is 39.8. The molecule has 0 radical (unpaired) electrons. The van der Waals surface area contributed by atoms with Gasteiger partial charge in [0.1, 0.15) is 5.60 Å². The summed E-state index contributed by atoms with van der Waals surface area (Å²) in [4.78, 5) is 0. The maximum Gasteiger partial charge on any atom is 0.117 e. The molecule has 74 valence electrons. The van der Waals surface area contributed by atoms with Crippen LogP contribution in [-0.4, -0.2) is 30.5 Å². The van der Waals surface area contributed by atoms with Gasteiger partial charge in [0.05, 0.1) is 26.1 Å². The van der Waals surface area contributed by atoms with Gasteiger partial charge < -0.3 is 14.6 Å². The summed E-state index contributed by atoms with van der Waals surface area (Å²) < 4.78 is 10.5. The number of rotatable bonds is 1. The van der Waals surface area contributed by atoms with E-state index in [1.165, 1.54) is 0 Å². The Morgan fingerprint density at radius 3 is 3.00 bits per heavy atom. The lowest BCUT2D eigenvalue weighted by molar-refractivity contribution is 0.0279. The summed E-state index contributed by atoms with van der Waals surface area (Å²) in [5, 5.41) is 10.3. The predicted molar refractivity (Wildman–Crippen MR) is 48.2 cm³/mol. The monoisotopic (exact) mass is 184 g/mol. The van der Waals surface area contributed by atoms with Crippen molar-refractivity contribution in [3.05, 3.63) is 11.8 Å². The van der Waals surface area contributed by atoms with Gasteiger partial charge in [0.15, 0.2) is 0 Å². The zero-order valence-electron chi connectivity index (χ0n) is 7.95. The minimum absolute atomic E-state index is 0.181. The van der Waals surface area contributed by atoms with Crippen LogP contribution in [0.15, 0.2) is 11.8 Å². The number of hydrogen-bond acceptors (Lipinski definition) is 3. The lowest BCUT2D eigenvalue weighted by Crippen LogP contribution is -2.38. The lowest BCUT2D eigenvalue weighted by atomic mass is 9.83. The molecule has 1 saturated heterocycles. The molecule has 0 aromatic carbocycles. The van der Waals surface area contributed by atoms with E-state index in [0.29, 0.717) is 13.2 Å². The van der Waals surface area contributed by atoms with Crippen molar-refractivity contribution in [2.45, 2.75) is 25.4 Å². The van der Waals surface area contributed by atoms with Crippen LogP contribution in [0.5, 0.6) is 0 Å². The van der Waals surface area contributed by atoms with Crippen LogP contribution in [0, 0.1) is 5.92 Å². The van der Waals surface area contributed by atoms with E-state index in [1.54, 1.807) is 6.26 Å². The molecular formula is C10H16O3. The van der Waals surface area contributed by atoms with Gasteiger partial charge in [-0.15, -0.1) is 0 Å². The van der Waals surface area contributed by atoms with E-state index >= 15 is 0 Å². The molecule has 2 aliphatic rings. The number of aliphatic hydroxyl groups is 1. The van der Waals surface area contributed by atoms with E-state index in [9.17, 15) is 5.11 Å². The molecule has 0 aromatic heterocycles. The third kappa shape index (κ3) is 1.46. The summed E-state index contributed by atoms with van der Waals surface area (Å²) in [7, 11) is 0. The Hall–Kier alpha value is -0.540. The predicted octanol–water partition coefficient (Wildman–Crippen LogP) is 1.08. The Labute approximate surface area is 78.3 Å². The average Bonchev–Trinajstić information content (AvgIpc) is 2.50. The molecule has 13 heavy (non-hydrogen) atoms. The van der Waals surface area contributed by atoms with E-state index in [2.05, 4.69) is 0 Å². The van der Waals surface area contributed by atoms with Crippen molar-refractivity contribution in [1.82, 2.24) is 0 Å². The second kappa shape index (κ2) is 3.31. The van der Waals surface area contributed by atoms with E-state index in [0.717, 1.165) is 25.0 Å². The van der Waals surface area contributed by atoms with Crippen LogP contribution in [0.4, 0.5) is 0 Å². The van der Waals surface area contributed by atoms with Gasteiger partial charge in [-0.05, 0) is 18.4 Å². The molecule has 2 heterocycles. The van der Waals surface area contributed by atoms with Gasteiger partial charge in [-0.1, -0.05) is 6.92 Å². The van der Waals surface area contributed by atoms with Crippen LogP contribution < -0.4 is 0 Å².